The number of aliphatic hydroxyl groups is 4. The van der Waals surface area contributed by atoms with E-state index < -0.39 is 69.1 Å². The van der Waals surface area contributed by atoms with E-state index in [9.17, 15) is 34.8 Å². The van der Waals surface area contributed by atoms with Gasteiger partial charge in [-0.3, -0.25) is 14.9 Å². The average molecular weight is 553 g/mol. The van der Waals surface area contributed by atoms with Crippen LogP contribution in [0.4, 0.5) is 4.79 Å². The third-order valence-electron chi connectivity index (χ3n) is 7.31. The third-order valence-corrected chi connectivity index (χ3v) is 7.31. The van der Waals surface area contributed by atoms with E-state index in [0.717, 1.165) is 24.8 Å². The van der Waals surface area contributed by atoms with Gasteiger partial charge < -0.3 is 39.5 Å². The first kappa shape index (κ1) is 30.8. The van der Waals surface area contributed by atoms with Gasteiger partial charge >= 0.3 is 12.1 Å². The molecule has 1 aromatic rings. The number of ether oxygens (including phenoxy) is 3. The lowest BCUT2D eigenvalue weighted by Gasteiger charge is -2.33. The minimum absolute atomic E-state index is 0.131. The van der Waals surface area contributed by atoms with Crippen LogP contribution < -0.4 is 5.32 Å². The Labute approximate surface area is 227 Å². The summed E-state index contributed by atoms with van der Waals surface area (Å²) in [5.41, 5.74) is 0.987. The first-order valence-electron chi connectivity index (χ1n) is 13.4. The van der Waals surface area contributed by atoms with E-state index in [0.29, 0.717) is 19.3 Å². The molecule has 1 aliphatic heterocycles. The van der Waals surface area contributed by atoms with Gasteiger partial charge in [0.15, 0.2) is 12.3 Å². The molecule has 5 atom stereocenters. The Morgan fingerprint density at radius 2 is 1.62 bits per heavy atom. The van der Waals surface area contributed by atoms with E-state index in [-0.39, 0.29) is 17.9 Å². The Hall–Kier alpha value is -2.77. The van der Waals surface area contributed by atoms with Crippen LogP contribution in [0.2, 0.25) is 0 Å². The van der Waals surface area contributed by atoms with Crippen molar-refractivity contribution in [3.63, 3.8) is 0 Å². The molecule has 1 aromatic carbocycles. The van der Waals surface area contributed by atoms with Crippen molar-refractivity contribution in [3.05, 3.63) is 35.9 Å². The highest BCUT2D eigenvalue weighted by atomic mass is 16.7. The lowest BCUT2D eigenvalue weighted by molar-refractivity contribution is -0.157. The van der Waals surface area contributed by atoms with Gasteiger partial charge in [0.1, 0.15) is 12.1 Å². The van der Waals surface area contributed by atoms with Crippen molar-refractivity contribution in [1.82, 2.24) is 10.2 Å². The topological polar surface area (TPSA) is 175 Å². The van der Waals surface area contributed by atoms with Gasteiger partial charge in [0.2, 0.25) is 5.91 Å². The Morgan fingerprint density at radius 3 is 2.26 bits per heavy atom. The normalized spacial score (nSPS) is 22.0. The number of nitrogens with one attached hydrogen (secondary N) is 1. The van der Waals surface area contributed by atoms with Crippen molar-refractivity contribution < 1.29 is 49.0 Å². The Balaban J connectivity index is 1.71. The predicted molar refractivity (Wildman–Crippen MR) is 137 cm³/mol. The molecule has 1 heterocycles. The zero-order valence-corrected chi connectivity index (χ0v) is 22.2. The van der Waals surface area contributed by atoms with Gasteiger partial charge in [-0.25, -0.2) is 4.79 Å². The summed E-state index contributed by atoms with van der Waals surface area (Å²) in [4.78, 5) is 40.5. The number of benzene rings is 1. The molecular weight excluding hydrogens is 512 g/mol. The largest absolute Gasteiger partial charge is 0.510 e. The van der Waals surface area contributed by atoms with Gasteiger partial charge in [-0.15, -0.1) is 0 Å². The molecule has 5 N–H and O–H groups in total. The molecule has 1 aliphatic carbocycles. The summed E-state index contributed by atoms with van der Waals surface area (Å²) in [6, 6.07) is 7.60. The first-order valence-corrected chi connectivity index (χ1v) is 13.4. The molecule has 1 amide bonds. The number of likely N-dealkylation sites (tertiary alicyclic amines) is 1. The summed E-state index contributed by atoms with van der Waals surface area (Å²) in [5.74, 6) is -0.908. The van der Waals surface area contributed by atoms with Crippen LogP contribution in [0.25, 0.3) is 0 Å². The number of carbonyl (C=O) groups excluding carboxylic acids is 3. The van der Waals surface area contributed by atoms with Crippen molar-refractivity contribution in [2.75, 3.05) is 26.4 Å². The van der Waals surface area contributed by atoms with Gasteiger partial charge in [0, 0.05) is 12.5 Å². The third kappa shape index (κ3) is 8.36. The van der Waals surface area contributed by atoms with Crippen LogP contribution in [0, 0.1) is 5.92 Å². The minimum atomic E-state index is -1.12. The fourth-order valence-electron chi connectivity index (χ4n) is 5.26. The second-order valence-corrected chi connectivity index (χ2v) is 10.1. The highest BCUT2D eigenvalue weighted by Crippen LogP contribution is 2.42. The molecule has 0 bridgehead atoms. The van der Waals surface area contributed by atoms with Crippen molar-refractivity contribution in [2.24, 2.45) is 5.92 Å². The van der Waals surface area contributed by atoms with Gasteiger partial charge in [-0.2, -0.15) is 0 Å². The van der Waals surface area contributed by atoms with Gasteiger partial charge in [0.05, 0.1) is 32.5 Å². The maximum atomic E-state index is 13.7. The van der Waals surface area contributed by atoms with E-state index in [1.165, 1.54) is 4.90 Å². The number of fused-ring (bicyclic) bond motifs is 1. The number of rotatable bonds is 14. The Bertz CT molecular complexity index is 924. The second-order valence-electron chi connectivity index (χ2n) is 10.1. The number of nitrogens with zero attached hydrogens (tertiary/aromatic N) is 1. The minimum Gasteiger partial charge on any atom is -0.456 e. The number of amides is 1. The second kappa shape index (κ2) is 15.1. The molecule has 1 saturated carbocycles. The number of carbonyl (C=O) groups is 3. The summed E-state index contributed by atoms with van der Waals surface area (Å²) in [6.07, 6.45) is -0.347. The summed E-state index contributed by atoms with van der Waals surface area (Å²) < 4.78 is 15.6. The van der Waals surface area contributed by atoms with Crippen LogP contribution in [0.5, 0.6) is 0 Å². The number of aliphatic hydroxyl groups excluding tert-OH is 4. The van der Waals surface area contributed by atoms with Crippen molar-refractivity contribution in [1.29, 1.82) is 0 Å². The molecule has 218 valence electrons. The molecule has 12 nitrogen and oxygen atoms in total. The van der Waals surface area contributed by atoms with Crippen LogP contribution in [0.1, 0.15) is 44.6 Å². The van der Waals surface area contributed by atoms with E-state index in [1.807, 2.05) is 30.3 Å². The van der Waals surface area contributed by atoms with E-state index in [4.69, 9.17) is 14.2 Å². The maximum Gasteiger partial charge on any atom is 0.510 e. The lowest BCUT2D eigenvalue weighted by Crippen LogP contribution is -2.55. The number of hydrogen-bond acceptors (Lipinski definition) is 11. The fraction of sp³-hybridized carbons (Fsp3) is 0.667. The summed E-state index contributed by atoms with van der Waals surface area (Å²) >= 11 is 0. The van der Waals surface area contributed by atoms with Gasteiger partial charge in [0.25, 0.3) is 0 Å². The molecule has 0 spiro atoms. The summed E-state index contributed by atoms with van der Waals surface area (Å²) in [5, 5.41) is 40.1. The van der Waals surface area contributed by atoms with E-state index >= 15 is 0 Å². The predicted octanol–water partition coefficient (Wildman–Crippen LogP) is 0.0958. The molecule has 12 heteroatoms. The fourth-order valence-corrected chi connectivity index (χ4v) is 5.26. The molecule has 3 rings (SSSR count). The molecule has 1 saturated heterocycles. The van der Waals surface area contributed by atoms with Crippen LogP contribution >= 0.6 is 0 Å². The zero-order chi connectivity index (χ0) is 28.4. The van der Waals surface area contributed by atoms with Crippen molar-refractivity contribution in [2.45, 2.75) is 82.0 Å². The van der Waals surface area contributed by atoms with E-state index in [2.05, 4.69) is 5.32 Å². The quantitative estimate of drug-likeness (QED) is 0.198. The molecular formula is C27H40N2O10. The number of aryl methyl sites for hydroxylation is 1. The summed E-state index contributed by atoms with van der Waals surface area (Å²) in [6.45, 7) is -0.604. The molecule has 2 aliphatic rings. The standard InChI is InChI=1S/C27H40N2O10/c1-17(28-22(26(35)37-20(13-30)14-31)11-10-18-6-3-2-4-7-18)25(34)29-23-9-5-8-19(23)12-24(29)39-27(36)38-21(15-32)16-33/h2-4,6-7,17,19-24,28,30-33H,5,8-16H2,1H3/t17-,19-,22-,23-,24-/m0/s1. The van der Waals surface area contributed by atoms with E-state index in [1.54, 1.807) is 6.92 Å². The van der Waals surface area contributed by atoms with Crippen LogP contribution in [0.15, 0.2) is 30.3 Å². The Kier molecular flexibility index (Phi) is 11.9. The molecule has 2 fully saturated rings. The molecule has 39 heavy (non-hydrogen) atoms. The SMILES string of the molecule is C[C@H](N[C@@H](CCc1ccccc1)C(=O)OC(CO)CO)C(=O)N1[C@@H](OC(=O)OC(CO)CO)C[C@@H]2CCC[C@@H]21. The number of hydrogen-bond donors (Lipinski definition) is 5. The zero-order valence-electron chi connectivity index (χ0n) is 22.2. The lowest BCUT2D eigenvalue weighted by atomic mass is 10.0. The smallest absolute Gasteiger partial charge is 0.456 e. The van der Waals surface area contributed by atoms with Gasteiger partial charge in [-0.05, 0) is 44.1 Å². The highest BCUT2D eigenvalue weighted by molar-refractivity contribution is 5.84. The molecule has 0 radical (unpaired) electrons. The molecule has 0 aromatic heterocycles. The maximum absolute atomic E-state index is 13.7. The van der Waals surface area contributed by atoms with Crippen LogP contribution in [-0.4, -0.2) is 106 Å². The summed E-state index contributed by atoms with van der Waals surface area (Å²) in [7, 11) is 0. The average Bonchev–Trinajstić information content (AvgIpc) is 3.53. The Morgan fingerprint density at radius 1 is 0.974 bits per heavy atom. The van der Waals surface area contributed by atoms with Crippen LogP contribution in [-0.2, 0) is 30.2 Å². The van der Waals surface area contributed by atoms with Gasteiger partial charge in [-0.1, -0.05) is 36.8 Å². The van der Waals surface area contributed by atoms with Crippen molar-refractivity contribution in [3.8, 4) is 0 Å². The molecule has 0 unspecified atom stereocenters. The number of esters is 1. The first-order chi connectivity index (χ1) is 18.8. The van der Waals surface area contributed by atoms with Crippen molar-refractivity contribution >= 4 is 18.0 Å². The monoisotopic (exact) mass is 552 g/mol. The van der Waals surface area contributed by atoms with Crippen LogP contribution in [0.3, 0.4) is 0 Å². The highest BCUT2D eigenvalue weighted by Gasteiger charge is 2.49.